The number of hydrogen-bond donors (Lipinski definition) is 2. The molecule has 194 valence electrons. The number of amides is 1. The molecule has 6 atom stereocenters. The quantitative estimate of drug-likeness (QED) is 0.401. The van der Waals surface area contributed by atoms with Crippen LogP contribution in [0.15, 0.2) is 65.9 Å². The molecule has 1 saturated heterocycles. The minimum absolute atomic E-state index is 0.0651. The van der Waals surface area contributed by atoms with Crippen LogP contribution < -0.4 is 5.32 Å². The average molecular weight is 499 g/mol. The van der Waals surface area contributed by atoms with Gasteiger partial charge in [-0.2, -0.15) is 0 Å². The van der Waals surface area contributed by atoms with E-state index in [2.05, 4.69) is 67.5 Å². The molecule has 1 fully saturated rings. The first-order valence-electron chi connectivity index (χ1n) is 13.6. The first-order chi connectivity index (χ1) is 17.7. The van der Waals surface area contributed by atoms with Crippen molar-refractivity contribution in [3.05, 3.63) is 71.5 Å². The van der Waals surface area contributed by atoms with Gasteiger partial charge in [-0.3, -0.25) is 14.4 Å². The number of allylic oxidation sites excluding steroid dienone is 6. The number of Topliss-reactive ketones (excluding diaryl/α,β-unsaturated/α-hetero) is 2. The number of aromatic amines is 1. The third kappa shape index (κ3) is 4.43. The standard InChI is InChI=1S/C32H38N2O3/c1-19-8-7-9-24-16-21(3)22(4)30-28(17-23-18-33-27-11-6-5-10-26(23)27)34-31(37)32(24,30)29(36)13-12-25(35)15-20(2)14-19/h5-7,9-11,14,16,18-19,22,24,28,30,33H,8,12-13,15,17H2,1-4H3,(H,34,37)/b9-7+,20-14+/t19-,22+,24-,28-,30-,32+/m0/s1. The lowest BCUT2D eigenvalue weighted by Crippen LogP contribution is -2.52. The number of rotatable bonds is 2. The van der Waals surface area contributed by atoms with Gasteiger partial charge in [0.25, 0.3) is 0 Å². The molecule has 1 aromatic heterocycles. The number of carbonyl (C=O) groups is 3. The zero-order valence-electron chi connectivity index (χ0n) is 22.3. The van der Waals surface area contributed by atoms with Crippen LogP contribution in [0.25, 0.3) is 10.9 Å². The number of aromatic nitrogens is 1. The molecule has 1 spiro atoms. The Kier molecular flexibility index (Phi) is 6.82. The van der Waals surface area contributed by atoms with E-state index in [9.17, 15) is 14.4 Å². The van der Waals surface area contributed by atoms with Crippen LogP contribution in [0.2, 0.25) is 0 Å². The molecule has 0 radical (unpaired) electrons. The van der Waals surface area contributed by atoms with Crippen LogP contribution in [0.3, 0.4) is 0 Å². The number of ketones is 2. The van der Waals surface area contributed by atoms with Crippen molar-refractivity contribution < 1.29 is 14.4 Å². The van der Waals surface area contributed by atoms with Gasteiger partial charge in [0.05, 0.1) is 0 Å². The number of H-pyrrole nitrogens is 1. The van der Waals surface area contributed by atoms with Gasteiger partial charge in [0.2, 0.25) is 5.91 Å². The minimum atomic E-state index is -1.19. The van der Waals surface area contributed by atoms with E-state index in [1.54, 1.807) is 0 Å². The maximum atomic E-state index is 14.2. The van der Waals surface area contributed by atoms with Crippen LogP contribution in [0.4, 0.5) is 0 Å². The van der Waals surface area contributed by atoms with E-state index >= 15 is 0 Å². The van der Waals surface area contributed by atoms with Gasteiger partial charge in [0.15, 0.2) is 0 Å². The van der Waals surface area contributed by atoms with E-state index in [0.717, 1.165) is 28.5 Å². The maximum Gasteiger partial charge on any atom is 0.235 e. The molecule has 3 aliphatic rings. The molecule has 5 rings (SSSR count). The third-order valence-corrected chi connectivity index (χ3v) is 8.98. The predicted molar refractivity (Wildman–Crippen MR) is 147 cm³/mol. The first kappa shape index (κ1) is 25.4. The highest BCUT2D eigenvalue weighted by Gasteiger charge is 2.64. The normalized spacial score (nSPS) is 35.2. The van der Waals surface area contributed by atoms with Gasteiger partial charge < -0.3 is 10.3 Å². The van der Waals surface area contributed by atoms with Crippen molar-refractivity contribution in [2.24, 2.45) is 29.1 Å². The molecule has 2 aliphatic carbocycles. The van der Waals surface area contributed by atoms with Crippen molar-refractivity contribution in [2.75, 3.05) is 0 Å². The molecule has 2 N–H and O–H groups in total. The molecule has 0 saturated carbocycles. The van der Waals surface area contributed by atoms with Gasteiger partial charge in [-0.1, -0.05) is 67.5 Å². The zero-order valence-corrected chi connectivity index (χ0v) is 22.3. The zero-order chi connectivity index (χ0) is 26.3. The lowest BCUT2D eigenvalue weighted by atomic mass is 9.54. The summed E-state index contributed by atoms with van der Waals surface area (Å²) in [4.78, 5) is 44.3. The molecule has 37 heavy (non-hydrogen) atoms. The van der Waals surface area contributed by atoms with Crippen LogP contribution in [0, 0.1) is 29.1 Å². The van der Waals surface area contributed by atoms with Crippen molar-refractivity contribution in [1.82, 2.24) is 10.3 Å². The molecule has 2 heterocycles. The number of carbonyl (C=O) groups excluding carboxylic acids is 3. The Morgan fingerprint density at radius 1 is 1.03 bits per heavy atom. The van der Waals surface area contributed by atoms with Crippen molar-refractivity contribution in [1.29, 1.82) is 0 Å². The number of benzene rings is 1. The van der Waals surface area contributed by atoms with Crippen LogP contribution >= 0.6 is 0 Å². The fourth-order valence-electron chi connectivity index (χ4n) is 7.15. The monoisotopic (exact) mass is 498 g/mol. The lowest BCUT2D eigenvalue weighted by molar-refractivity contribution is -0.146. The molecular weight excluding hydrogens is 460 g/mol. The molecule has 1 aromatic carbocycles. The van der Waals surface area contributed by atoms with Gasteiger partial charge >= 0.3 is 0 Å². The van der Waals surface area contributed by atoms with Crippen LogP contribution in [-0.2, 0) is 20.8 Å². The van der Waals surface area contributed by atoms with E-state index in [0.29, 0.717) is 12.8 Å². The van der Waals surface area contributed by atoms with Gasteiger partial charge in [-0.05, 0) is 50.2 Å². The molecule has 0 bridgehead atoms. The third-order valence-electron chi connectivity index (χ3n) is 8.98. The first-order valence-corrected chi connectivity index (χ1v) is 13.6. The summed E-state index contributed by atoms with van der Waals surface area (Å²) in [6.45, 7) is 8.40. The Balaban J connectivity index is 1.57. The van der Waals surface area contributed by atoms with Crippen LogP contribution in [0.5, 0.6) is 0 Å². The van der Waals surface area contributed by atoms with Gasteiger partial charge in [0, 0.05) is 54.2 Å². The van der Waals surface area contributed by atoms with E-state index in [1.807, 2.05) is 25.3 Å². The van der Waals surface area contributed by atoms with E-state index in [1.165, 1.54) is 5.57 Å². The highest BCUT2D eigenvalue weighted by atomic mass is 16.2. The van der Waals surface area contributed by atoms with E-state index in [4.69, 9.17) is 0 Å². The Morgan fingerprint density at radius 3 is 2.62 bits per heavy atom. The molecule has 0 unspecified atom stereocenters. The van der Waals surface area contributed by atoms with Crippen molar-refractivity contribution >= 4 is 28.4 Å². The predicted octanol–water partition coefficient (Wildman–Crippen LogP) is 5.87. The summed E-state index contributed by atoms with van der Waals surface area (Å²) >= 11 is 0. The molecule has 2 aromatic rings. The molecule has 5 heteroatoms. The summed E-state index contributed by atoms with van der Waals surface area (Å²) in [6, 6.07) is 8.02. The SMILES string of the molecule is CC1=C[C@@H]2/C=C/C[C@H](C)/C=C(\C)CC(=O)CCC(=O)[C@]23C(=O)N[C@@H](Cc2c[nH]c4ccccc24)[C@@H]3[C@@H]1C. The Labute approximate surface area is 219 Å². The Bertz CT molecular complexity index is 1330. The maximum absolute atomic E-state index is 14.2. The number of nitrogens with one attached hydrogen (secondary N) is 2. The highest BCUT2D eigenvalue weighted by molar-refractivity contribution is 6.10. The minimum Gasteiger partial charge on any atom is -0.361 e. The van der Waals surface area contributed by atoms with Crippen molar-refractivity contribution in [3.63, 3.8) is 0 Å². The van der Waals surface area contributed by atoms with Gasteiger partial charge in [-0.25, -0.2) is 0 Å². The summed E-state index contributed by atoms with van der Waals surface area (Å²) in [7, 11) is 0. The lowest BCUT2D eigenvalue weighted by Gasteiger charge is -2.44. The van der Waals surface area contributed by atoms with E-state index < -0.39 is 5.41 Å². The largest absolute Gasteiger partial charge is 0.361 e. The van der Waals surface area contributed by atoms with Crippen LogP contribution in [-0.4, -0.2) is 28.5 Å². The summed E-state index contributed by atoms with van der Waals surface area (Å²) in [6.07, 6.45) is 12.7. The average Bonchev–Trinajstić information content (AvgIpc) is 3.39. The molecule has 5 nitrogen and oxygen atoms in total. The molecule has 1 aliphatic heterocycles. The Hall–Kier alpha value is -3.21. The van der Waals surface area contributed by atoms with Crippen molar-refractivity contribution in [3.8, 4) is 0 Å². The number of hydrogen-bond acceptors (Lipinski definition) is 3. The summed E-state index contributed by atoms with van der Waals surface area (Å²) < 4.78 is 0. The highest BCUT2D eigenvalue weighted by Crippen LogP contribution is 2.55. The number of para-hydroxylation sites is 1. The summed E-state index contributed by atoms with van der Waals surface area (Å²) in [5.74, 6) is -0.356. The topological polar surface area (TPSA) is 79.0 Å². The summed E-state index contributed by atoms with van der Waals surface area (Å²) in [5, 5.41) is 4.43. The Morgan fingerprint density at radius 2 is 1.81 bits per heavy atom. The van der Waals surface area contributed by atoms with Gasteiger partial charge in [-0.15, -0.1) is 0 Å². The molecular formula is C32H38N2O3. The van der Waals surface area contributed by atoms with E-state index in [-0.39, 0.29) is 60.0 Å². The van der Waals surface area contributed by atoms with Crippen LogP contribution in [0.1, 0.15) is 58.9 Å². The van der Waals surface area contributed by atoms with Gasteiger partial charge in [0.1, 0.15) is 17.0 Å². The smallest absolute Gasteiger partial charge is 0.235 e. The second-order valence-corrected chi connectivity index (χ2v) is 11.6. The summed E-state index contributed by atoms with van der Waals surface area (Å²) in [5.41, 5.74) is 3.29. The van der Waals surface area contributed by atoms with Crippen molar-refractivity contribution in [2.45, 2.75) is 65.8 Å². The molecule has 1 amide bonds. The number of fused-ring (bicyclic) bond motifs is 1. The second-order valence-electron chi connectivity index (χ2n) is 11.6. The second kappa shape index (κ2) is 9.92. The fraction of sp³-hybridized carbons (Fsp3) is 0.469. The fourth-order valence-corrected chi connectivity index (χ4v) is 7.15.